The molecule has 0 fully saturated rings. The molecule has 4 nitrogen and oxygen atoms in total. The Labute approximate surface area is 100 Å². The van der Waals surface area contributed by atoms with Crippen molar-refractivity contribution in [3.63, 3.8) is 0 Å². The molecule has 0 aliphatic rings. The molecule has 0 aliphatic heterocycles. The van der Waals surface area contributed by atoms with Crippen LogP contribution in [0.25, 0.3) is 0 Å². The van der Waals surface area contributed by atoms with E-state index in [0.717, 1.165) is 11.3 Å². The molecule has 0 radical (unpaired) electrons. The van der Waals surface area contributed by atoms with Crippen molar-refractivity contribution in [2.24, 2.45) is 0 Å². The van der Waals surface area contributed by atoms with Crippen molar-refractivity contribution in [1.29, 1.82) is 0 Å². The van der Waals surface area contributed by atoms with Crippen LogP contribution >= 0.6 is 22.6 Å². The van der Waals surface area contributed by atoms with Gasteiger partial charge in [0.25, 0.3) is 5.56 Å². The molecule has 0 N–H and O–H groups in total. The Hall–Kier alpha value is -1.11. The van der Waals surface area contributed by atoms with Gasteiger partial charge in [-0.1, -0.05) is 0 Å². The highest BCUT2D eigenvalue weighted by Gasteiger charge is 2.05. The minimum atomic E-state index is -0.00991. The van der Waals surface area contributed by atoms with Gasteiger partial charge in [0.15, 0.2) is 0 Å². The second-order valence-electron chi connectivity index (χ2n) is 3.21. The monoisotopic (exact) mass is 316 g/mol. The van der Waals surface area contributed by atoms with Crippen molar-refractivity contribution in [2.45, 2.75) is 13.5 Å². The minimum absolute atomic E-state index is 0.00991. The highest BCUT2D eigenvalue weighted by Crippen LogP contribution is 2.04. The molecule has 2 aromatic rings. The Morgan fingerprint density at radius 1 is 1.60 bits per heavy atom. The predicted molar refractivity (Wildman–Crippen MR) is 63.8 cm³/mol. The lowest BCUT2D eigenvalue weighted by Crippen LogP contribution is -2.24. The van der Waals surface area contributed by atoms with Gasteiger partial charge in [-0.15, -0.1) is 0 Å². The Morgan fingerprint density at radius 3 is 3.07 bits per heavy atom. The first kappa shape index (κ1) is 10.4. The lowest BCUT2D eigenvalue weighted by atomic mass is 10.3. The van der Waals surface area contributed by atoms with E-state index in [1.807, 2.05) is 35.6 Å². The van der Waals surface area contributed by atoms with Gasteiger partial charge in [0.2, 0.25) is 0 Å². The lowest BCUT2D eigenvalue weighted by Gasteiger charge is -2.04. The zero-order valence-corrected chi connectivity index (χ0v) is 10.3. The summed E-state index contributed by atoms with van der Waals surface area (Å²) in [4.78, 5) is 15.9. The standard InChI is InChI=1S/C10H9IN2O2/c1-7-9(11)10(14)13(6-12-7)4-8-2-3-15-5-8/h2-3,5-6H,4H2,1H3. The summed E-state index contributed by atoms with van der Waals surface area (Å²) in [5, 5.41) is 0. The molecule has 2 aromatic heterocycles. The third-order valence-electron chi connectivity index (χ3n) is 2.09. The van der Waals surface area contributed by atoms with Crippen LogP contribution in [0.15, 0.2) is 34.1 Å². The molecule has 0 aromatic carbocycles. The number of aromatic nitrogens is 2. The number of halogens is 1. The van der Waals surface area contributed by atoms with Crippen LogP contribution in [0.2, 0.25) is 0 Å². The Balaban J connectivity index is 2.38. The fourth-order valence-corrected chi connectivity index (χ4v) is 1.69. The third kappa shape index (κ3) is 2.11. The van der Waals surface area contributed by atoms with E-state index in [1.54, 1.807) is 23.4 Å². The second kappa shape index (κ2) is 4.18. The van der Waals surface area contributed by atoms with E-state index in [2.05, 4.69) is 4.98 Å². The maximum atomic E-state index is 11.8. The molecule has 0 atom stereocenters. The molecule has 78 valence electrons. The average Bonchev–Trinajstić information content (AvgIpc) is 2.72. The highest BCUT2D eigenvalue weighted by atomic mass is 127. The van der Waals surface area contributed by atoms with Gasteiger partial charge >= 0.3 is 0 Å². The van der Waals surface area contributed by atoms with Gasteiger partial charge in [-0.25, -0.2) is 4.98 Å². The van der Waals surface area contributed by atoms with Crippen molar-refractivity contribution in [1.82, 2.24) is 9.55 Å². The van der Waals surface area contributed by atoms with Crippen molar-refractivity contribution in [3.8, 4) is 0 Å². The van der Waals surface area contributed by atoms with E-state index in [4.69, 9.17) is 4.42 Å². The van der Waals surface area contributed by atoms with Gasteiger partial charge in [0.1, 0.15) is 0 Å². The molecule has 0 spiro atoms. The molecule has 0 saturated heterocycles. The molecule has 0 bridgehead atoms. The Bertz CT molecular complexity index is 517. The normalized spacial score (nSPS) is 10.5. The van der Waals surface area contributed by atoms with Crippen molar-refractivity contribution >= 4 is 22.6 Å². The first-order chi connectivity index (χ1) is 7.18. The summed E-state index contributed by atoms with van der Waals surface area (Å²) in [5.74, 6) is 0. The number of aryl methyl sites for hydroxylation is 1. The molecule has 15 heavy (non-hydrogen) atoms. The summed E-state index contributed by atoms with van der Waals surface area (Å²) < 4.78 is 7.18. The summed E-state index contributed by atoms with van der Waals surface area (Å²) in [6.07, 6.45) is 4.78. The molecule has 0 saturated carbocycles. The topological polar surface area (TPSA) is 48.0 Å². The van der Waals surface area contributed by atoms with Crippen molar-refractivity contribution in [3.05, 3.63) is 50.1 Å². The summed E-state index contributed by atoms with van der Waals surface area (Å²) in [7, 11) is 0. The fraction of sp³-hybridized carbons (Fsp3) is 0.200. The largest absolute Gasteiger partial charge is 0.472 e. The Kier molecular flexibility index (Phi) is 2.90. The van der Waals surface area contributed by atoms with Gasteiger partial charge in [-0.3, -0.25) is 9.36 Å². The van der Waals surface area contributed by atoms with Crippen LogP contribution in [0.1, 0.15) is 11.3 Å². The predicted octanol–water partition coefficient (Wildman–Crippen LogP) is 1.80. The smallest absolute Gasteiger partial charge is 0.267 e. The number of rotatable bonds is 2. The zero-order valence-electron chi connectivity index (χ0n) is 8.11. The summed E-state index contributed by atoms with van der Waals surface area (Å²) in [6, 6.07) is 1.83. The van der Waals surface area contributed by atoms with E-state index < -0.39 is 0 Å². The average molecular weight is 316 g/mol. The molecule has 5 heteroatoms. The first-order valence-corrected chi connectivity index (χ1v) is 5.49. The van der Waals surface area contributed by atoms with E-state index in [1.165, 1.54) is 0 Å². The van der Waals surface area contributed by atoms with Crippen LogP contribution < -0.4 is 5.56 Å². The van der Waals surface area contributed by atoms with Gasteiger partial charge in [-0.2, -0.15) is 0 Å². The van der Waals surface area contributed by atoms with Gasteiger partial charge in [0, 0.05) is 5.56 Å². The van der Waals surface area contributed by atoms with E-state index in [0.29, 0.717) is 10.1 Å². The lowest BCUT2D eigenvalue weighted by molar-refractivity contribution is 0.561. The molecule has 0 amide bonds. The summed E-state index contributed by atoms with van der Waals surface area (Å²) in [6.45, 7) is 2.32. The van der Waals surface area contributed by atoms with Crippen molar-refractivity contribution < 1.29 is 4.42 Å². The fourth-order valence-electron chi connectivity index (χ4n) is 1.24. The highest BCUT2D eigenvalue weighted by molar-refractivity contribution is 14.1. The number of furan rings is 1. The van der Waals surface area contributed by atoms with E-state index in [-0.39, 0.29) is 5.56 Å². The Morgan fingerprint density at radius 2 is 2.40 bits per heavy atom. The van der Waals surface area contributed by atoms with Crippen LogP contribution in [0, 0.1) is 10.5 Å². The second-order valence-corrected chi connectivity index (χ2v) is 4.29. The van der Waals surface area contributed by atoms with Gasteiger partial charge in [-0.05, 0) is 35.6 Å². The van der Waals surface area contributed by atoms with Crippen LogP contribution in [0.3, 0.4) is 0 Å². The van der Waals surface area contributed by atoms with Crippen molar-refractivity contribution in [2.75, 3.05) is 0 Å². The van der Waals surface area contributed by atoms with Gasteiger partial charge in [0.05, 0.1) is 34.7 Å². The number of nitrogens with zero attached hydrogens (tertiary/aromatic N) is 2. The quantitative estimate of drug-likeness (QED) is 0.794. The third-order valence-corrected chi connectivity index (χ3v) is 3.33. The van der Waals surface area contributed by atoms with Crippen LogP contribution in [-0.2, 0) is 6.54 Å². The first-order valence-electron chi connectivity index (χ1n) is 4.41. The van der Waals surface area contributed by atoms with E-state index >= 15 is 0 Å². The molecular weight excluding hydrogens is 307 g/mol. The molecule has 2 rings (SSSR count). The maximum Gasteiger partial charge on any atom is 0.267 e. The number of hydrogen-bond donors (Lipinski definition) is 0. The molecule has 2 heterocycles. The molecule has 0 aliphatic carbocycles. The van der Waals surface area contributed by atoms with Crippen LogP contribution in [-0.4, -0.2) is 9.55 Å². The SMILES string of the molecule is Cc1ncn(Cc2ccoc2)c(=O)c1I. The van der Waals surface area contributed by atoms with Crippen LogP contribution in [0.5, 0.6) is 0 Å². The number of hydrogen-bond acceptors (Lipinski definition) is 3. The molecule has 0 unspecified atom stereocenters. The van der Waals surface area contributed by atoms with Gasteiger partial charge < -0.3 is 4.42 Å². The van der Waals surface area contributed by atoms with E-state index in [9.17, 15) is 4.79 Å². The zero-order chi connectivity index (χ0) is 10.8. The summed E-state index contributed by atoms with van der Waals surface area (Å²) in [5.41, 5.74) is 1.71. The maximum absolute atomic E-state index is 11.8. The minimum Gasteiger partial charge on any atom is -0.472 e. The van der Waals surface area contributed by atoms with Crippen LogP contribution in [0.4, 0.5) is 0 Å². The molecular formula is C10H9IN2O2. The summed E-state index contributed by atoms with van der Waals surface area (Å²) >= 11 is 2.02.